The molecule has 7 heteroatoms. The number of benzene rings is 1. The summed E-state index contributed by atoms with van der Waals surface area (Å²) < 4.78 is 15.9. The van der Waals surface area contributed by atoms with Crippen LogP contribution in [-0.4, -0.2) is 68.1 Å². The fourth-order valence-electron chi connectivity index (χ4n) is 2.94. The quantitative estimate of drug-likeness (QED) is 0.783. The molecule has 0 aliphatic carbocycles. The number of hydrogen-bond donors (Lipinski definition) is 2. The maximum Gasteiger partial charge on any atom is 0.227 e. The van der Waals surface area contributed by atoms with Crippen LogP contribution in [0.1, 0.15) is 12.0 Å². The summed E-state index contributed by atoms with van der Waals surface area (Å²) >= 11 is 0. The van der Waals surface area contributed by atoms with Gasteiger partial charge in [-0.05, 0) is 24.1 Å². The van der Waals surface area contributed by atoms with Crippen molar-refractivity contribution >= 4 is 5.91 Å². The minimum absolute atomic E-state index is 0.0594. The molecule has 7 nitrogen and oxygen atoms in total. The zero-order valence-electron chi connectivity index (χ0n) is 14.3. The molecule has 1 heterocycles. The van der Waals surface area contributed by atoms with E-state index in [-0.39, 0.29) is 31.4 Å². The van der Waals surface area contributed by atoms with E-state index in [1.165, 1.54) is 21.3 Å². The number of hydrogen-bond acceptors (Lipinski definition) is 6. The fourth-order valence-corrected chi connectivity index (χ4v) is 2.94. The summed E-state index contributed by atoms with van der Waals surface area (Å²) in [6.07, 6.45) is 0.0824. The fraction of sp³-hybridized carbons (Fsp3) is 0.588. The molecule has 1 fully saturated rings. The maximum atomic E-state index is 12.5. The topological polar surface area (TPSA) is 88.5 Å². The standard InChI is InChI=1S/C17H25NO6/c1-22-14-6-11(7-15(23-2)17(14)24-3)8-16(21)18-5-4-12(10-19)13(20)9-18/h6-7,12-13,19-20H,4-5,8-10H2,1-3H3/t12-,13-/m1/s1. The molecule has 0 unspecified atom stereocenters. The third-order valence-electron chi connectivity index (χ3n) is 4.39. The summed E-state index contributed by atoms with van der Waals surface area (Å²) in [6, 6.07) is 3.49. The third kappa shape index (κ3) is 3.91. The van der Waals surface area contributed by atoms with Gasteiger partial charge in [-0.3, -0.25) is 4.79 Å². The minimum atomic E-state index is -0.687. The van der Waals surface area contributed by atoms with Gasteiger partial charge in [0.2, 0.25) is 11.7 Å². The summed E-state index contributed by atoms with van der Waals surface area (Å²) in [7, 11) is 4.58. The summed E-state index contributed by atoms with van der Waals surface area (Å²) in [5.74, 6) is 1.24. The SMILES string of the molecule is COc1cc(CC(=O)N2CC[C@H](CO)[C@H](O)C2)cc(OC)c1OC. The lowest BCUT2D eigenvalue weighted by Gasteiger charge is -2.35. The Morgan fingerprint density at radius 1 is 1.21 bits per heavy atom. The summed E-state index contributed by atoms with van der Waals surface area (Å²) in [5.41, 5.74) is 0.744. The number of likely N-dealkylation sites (tertiary alicyclic amines) is 1. The lowest BCUT2D eigenvalue weighted by Crippen LogP contribution is -2.48. The predicted octanol–water partition coefficient (Wildman–Crippen LogP) is 0.457. The van der Waals surface area contributed by atoms with Gasteiger partial charge >= 0.3 is 0 Å². The Bertz CT molecular complexity index is 551. The highest BCUT2D eigenvalue weighted by Crippen LogP contribution is 2.38. The smallest absolute Gasteiger partial charge is 0.227 e. The molecule has 0 aromatic heterocycles. The van der Waals surface area contributed by atoms with Gasteiger partial charge in [0, 0.05) is 25.6 Å². The van der Waals surface area contributed by atoms with Crippen molar-refractivity contribution in [2.45, 2.75) is 18.9 Å². The largest absolute Gasteiger partial charge is 0.493 e. The monoisotopic (exact) mass is 339 g/mol. The number of methoxy groups -OCH3 is 3. The van der Waals surface area contributed by atoms with E-state index in [4.69, 9.17) is 14.2 Å². The number of nitrogens with zero attached hydrogens (tertiary/aromatic N) is 1. The molecule has 0 spiro atoms. The van der Waals surface area contributed by atoms with Gasteiger partial charge in [0.05, 0.1) is 33.9 Å². The van der Waals surface area contributed by atoms with Crippen LogP contribution in [0.25, 0.3) is 0 Å². The van der Waals surface area contributed by atoms with Gasteiger partial charge in [0.15, 0.2) is 11.5 Å². The van der Waals surface area contributed by atoms with Crippen molar-refractivity contribution in [2.75, 3.05) is 41.0 Å². The van der Waals surface area contributed by atoms with Crippen LogP contribution >= 0.6 is 0 Å². The number of rotatable bonds is 6. The van der Waals surface area contributed by atoms with E-state index in [1.807, 2.05) is 0 Å². The van der Waals surface area contributed by atoms with Gasteiger partial charge < -0.3 is 29.3 Å². The second kappa shape index (κ2) is 8.21. The highest BCUT2D eigenvalue weighted by Gasteiger charge is 2.29. The normalized spacial score (nSPS) is 20.6. The van der Waals surface area contributed by atoms with Crippen LogP contribution in [0.15, 0.2) is 12.1 Å². The molecule has 24 heavy (non-hydrogen) atoms. The molecular formula is C17H25NO6. The Morgan fingerprint density at radius 2 is 1.83 bits per heavy atom. The molecule has 1 aromatic rings. The molecule has 134 valence electrons. The van der Waals surface area contributed by atoms with Crippen LogP contribution in [-0.2, 0) is 11.2 Å². The van der Waals surface area contributed by atoms with Crippen molar-refractivity contribution in [2.24, 2.45) is 5.92 Å². The van der Waals surface area contributed by atoms with E-state index in [1.54, 1.807) is 17.0 Å². The number of ether oxygens (including phenoxy) is 3. The van der Waals surface area contributed by atoms with Crippen molar-refractivity contribution in [3.63, 3.8) is 0 Å². The van der Waals surface area contributed by atoms with E-state index >= 15 is 0 Å². The van der Waals surface area contributed by atoms with E-state index in [0.717, 1.165) is 5.56 Å². The number of piperidine rings is 1. The molecular weight excluding hydrogens is 314 g/mol. The second-order valence-electron chi connectivity index (χ2n) is 5.85. The minimum Gasteiger partial charge on any atom is -0.493 e. The Balaban J connectivity index is 2.12. The number of carbonyl (C=O) groups is 1. The van der Waals surface area contributed by atoms with Gasteiger partial charge in [-0.1, -0.05) is 0 Å². The van der Waals surface area contributed by atoms with Crippen LogP contribution in [0, 0.1) is 5.92 Å². The molecule has 1 aromatic carbocycles. The first-order valence-corrected chi connectivity index (χ1v) is 7.89. The number of amides is 1. The van der Waals surface area contributed by atoms with Crippen molar-refractivity contribution < 1.29 is 29.2 Å². The lowest BCUT2D eigenvalue weighted by molar-refractivity contribution is -0.135. The molecule has 0 saturated carbocycles. The summed E-state index contributed by atoms with van der Waals surface area (Å²) in [5, 5.41) is 19.2. The Morgan fingerprint density at radius 3 is 2.29 bits per heavy atom. The number of β-amino-alcohol motifs (C(OH)–C–C–N with tert-alkyl or cyclic N) is 1. The van der Waals surface area contributed by atoms with E-state index < -0.39 is 6.10 Å². The maximum absolute atomic E-state index is 12.5. The first-order chi connectivity index (χ1) is 11.5. The van der Waals surface area contributed by atoms with Gasteiger partial charge in [0.1, 0.15) is 0 Å². The average Bonchev–Trinajstić information content (AvgIpc) is 2.60. The second-order valence-corrected chi connectivity index (χ2v) is 5.85. The van der Waals surface area contributed by atoms with Crippen LogP contribution in [0.5, 0.6) is 17.2 Å². The molecule has 0 bridgehead atoms. The summed E-state index contributed by atoms with van der Waals surface area (Å²) in [6.45, 7) is 0.718. The van der Waals surface area contributed by atoms with Crippen molar-refractivity contribution in [1.29, 1.82) is 0 Å². The van der Waals surface area contributed by atoms with E-state index in [9.17, 15) is 15.0 Å². The Kier molecular flexibility index (Phi) is 6.28. The van der Waals surface area contributed by atoms with Crippen LogP contribution in [0.2, 0.25) is 0 Å². The summed E-state index contributed by atoms with van der Waals surface area (Å²) in [4.78, 5) is 14.1. The van der Waals surface area contributed by atoms with E-state index in [0.29, 0.717) is 30.2 Å². The number of aliphatic hydroxyl groups is 2. The number of carbonyl (C=O) groups excluding carboxylic acids is 1. The van der Waals surface area contributed by atoms with Crippen molar-refractivity contribution in [3.8, 4) is 17.2 Å². The average molecular weight is 339 g/mol. The van der Waals surface area contributed by atoms with Gasteiger partial charge in [-0.2, -0.15) is 0 Å². The van der Waals surface area contributed by atoms with Crippen molar-refractivity contribution in [1.82, 2.24) is 4.90 Å². The van der Waals surface area contributed by atoms with Crippen LogP contribution in [0.3, 0.4) is 0 Å². The first kappa shape index (κ1) is 18.4. The molecule has 2 atom stereocenters. The molecule has 1 aliphatic heterocycles. The highest BCUT2D eigenvalue weighted by molar-refractivity contribution is 5.79. The third-order valence-corrected chi connectivity index (χ3v) is 4.39. The predicted molar refractivity (Wildman–Crippen MR) is 87.6 cm³/mol. The molecule has 2 rings (SSSR count). The number of aliphatic hydroxyl groups excluding tert-OH is 2. The molecule has 2 N–H and O–H groups in total. The zero-order chi connectivity index (χ0) is 17.7. The van der Waals surface area contributed by atoms with Crippen molar-refractivity contribution in [3.05, 3.63) is 17.7 Å². The van der Waals surface area contributed by atoms with Gasteiger partial charge in [0.25, 0.3) is 0 Å². The lowest BCUT2D eigenvalue weighted by atomic mass is 9.94. The first-order valence-electron chi connectivity index (χ1n) is 7.89. The molecule has 1 saturated heterocycles. The van der Waals surface area contributed by atoms with Crippen LogP contribution in [0.4, 0.5) is 0 Å². The van der Waals surface area contributed by atoms with Gasteiger partial charge in [-0.25, -0.2) is 0 Å². The highest BCUT2D eigenvalue weighted by atomic mass is 16.5. The Labute approximate surface area is 141 Å². The van der Waals surface area contributed by atoms with Crippen LogP contribution < -0.4 is 14.2 Å². The zero-order valence-corrected chi connectivity index (χ0v) is 14.3. The molecule has 1 aliphatic rings. The Hall–Kier alpha value is -1.99. The molecule has 0 radical (unpaired) electrons. The van der Waals surface area contributed by atoms with E-state index in [2.05, 4.69) is 0 Å². The molecule has 1 amide bonds. The van der Waals surface area contributed by atoms with Gasteiger partial charge in [-0.15, -0.1) is 0 Å².